The maximum absolute atomic E-state index is 11.5. The fraction of sp³-hybridized carbons (Fsp3) is 0.333. The van der Waals surface area contributed by atoms with Crippen molar-refractivity contribution in [2.24, 2.45) is 0 Å². The summed E-state index contributed by atoms with van der Waals surface area (Å²) in [7, 11) is 1.35. The van der Waals surface area contributed by atoms with Gasteiger partial charge in [0.1, 0.15) is 6.33 Å². The number of nitrogens with one attached hydrogen (secondary N) is 1. The largest absolute Gasteiger partial charge is 0.480 e. The van der Waals surface area contributed by atoms with Crippen LogP contribution >= 0.6 is 0 Å². The van der Waals surface area contributed by atoms with Gasteiger partial charge in [-0.3, -0.25) is 4.79 Å². The molecule has 86 valence electrons. The lowest BCUT2D eigenvalue weighted by Crippen LogP contribution is -2.43. The topological polar surface area (TPSA) is 101 Å². The van der Waals surface area contributed by atoms with E-state index in [-0.39, 0.29) is 12.2 Å². The van der Waals surface area contributed by atoms with Crippen molar-refractivity contribution < 1.29 is 19.4 Å². The zero-order valence-corrected chi connectivity index (χ0v) is 8.58. The average Bonchev–Trinajstić information content (AvgIpc) is 2.29. The molecule has 1 heterocycles. The highest BCUT2D eigenvalue weighted by Gasteiger charge is 2.20. The van der Waals surface area contributed by atoms with Crippen LogP contribution in [0, 0.1) is 0 Å². The minimum absolute atomic E-state index is 0.102. The van der Waals surface area contributed by atoms with Gasteiger partial charge in [-0.05, 0) is 0 Å². The van der Waals surface area contributed by atoms with Crippen LogP contribution in [-0.2, 0) is 9.53 Å². The van der Waals surface area contributed by atoms with Gasteiger partial charge in [0, 0.05) is 19.5 Å². The molecule has 1 unspecified atom stereocenters. The third-order valence-corrected chi connectivity index (χ3v) is 1.76. The van der Waals surface area contributed by atoms with E-state index in [4.69, 9.17) is 5.11 Å². The van der Waals surface area contributed by atoms with Crippen molar-refractivity contribution >= 4 is 11.9 Å². The Labute approximate surface area is 91.5 Å². The van der Waals surface area contributed by atoms with Crippen LogP contribution in [0.15, 0.2) is 18.7 Å². The predicted molar refractivity (Wildman–Crippen MR) is 52.8 cm³/mol. The lowest BCUT2D eigenvalue weighted by molar-refractivity contribution is -0.140. The average molecular weight is 225 g/mol. The number of aromatic nitrogens is 2. The van der Waals surface area contributed by atoms with Gasteiger partial charge in [-0.2, -0.15) is 0 Å². The second-order valence-electron chi connectivity index (χ2n) is 2.95. The minimum atomic E-state index is -1.16. The van der Waals surface area contributed by atoms with Crippen LogP contribution in [0.4, 0.5) is 0 Å². The summed E-state index contributed by atoms with van der Waals surface area (Å²) in [5.74, 6) is -1.71. The molecule has 0 spiro atoms. The zero-order valence-electron chi connectivity index (χ0n) is 8.58. The highest BCUT2D eigenvalue weighted by Crippen LogP contribution is 1.95. The van der Waals surface area contributed by atoms with E-state index >= 15 is 0 Å². The number of nitrogens with zero attached hydrogens (tertiary/aromatic N) is 2. The molecule has 16 heavy (non-hydrogen) atoms. The van der Waals surface area contributed by atoms with E-state index in [0.717, 1.165) is 0 Å². The molecule has 1 amide bonds. The van der Waals surface area contributed by atoms with Crippen molar-refractivity contribution in [1.29, 1.82) is 0 Å². The summed E-state index contributed by atoms with van der Waals surface area (Å²) in [6, 6.07) is -1.09. The second kappa shape index (κ2) is 5.76. The van der Waals surface area contributed by atoms with E-state index in [2.05, 4.69) is 20.0 Å². The van der Waals surface area contributed by atoms with E-state index in [9.17, 15) is 9.59 Å². The molecule has 1 atom stereocenters. The van der Waals surface area contributed by atoms with E-state index in [1.54, 1.807) is 0 Å². The Morgan fingerprint density at radius 2 is 2.12 bits per heavy atom. The van der Waals surface area contributed by atoms with Crippen molar-refractivity contribution in [3.05, 3.63) is 24.3 Å². The predicted octanol–water partition coefficient (Wildman–Crippen LogP) is -0.694. The van der Waals surface area contributed by atoms with Gasteiger partial charge in [-0.15, -0.1) is 0 Å². The number of carbonyl (C=O) groups excluding carboxylic acids is 1. The van der Waals surface area contributed by atoms with Gasteiger partial charge in [0.2, 0.25) is 0 Å². The summed E-state index contributed by atoms with van der Waals surface area (Å²) in [6.45, 7) is -0.102. The number of rotatable bonds is 5. The number of carbonyl (C=O) groups is 2. The van der Waals surface area contributed by atoms with Crippen molar-refractivity contribution in [3.63, 3.8) is 0 Å². The fourth-order valence-electron chi connectivity index (χ4n) is 0.999. The van der Waals surface area contributed by atoms with Crippen molar-refractivity contribution in [1.82, 2.24) is 15.3 Å². The zero-order chi connectivity index (χ0) is 12.0. The van der Waals surface area contributed by atoms with Crippen LogP contribution in [0.2, 0.25) is 0 Å². The fourth-order valence-corrected chi connectivity index (χ4v) is 0.999. The molecule has 7 heteroatoms. The van der Waals surface area contributed by atoms with Crippen LogP contribution in [0.3, 0.4) is 0 Å². The van der Waals surface area contributed by atoms with E-state index in [1.165, 1.54) is 25.8 Å². The first-order chi connectivity index (χ1) is 7.65. The van der Waals surface area contributed by atoms with Crippen LogP contribution in [0.25, 0.3) is 0 Å². The first-order valence-electron chi connectivity index (χ1n) is 4.42. The number of aliphatic carboxylic acids is 1. The summed E-state index contributed by atoms with van der Waals surface area (Å²) >= 11 is 0. The van der Waals surface area contributed by atoms with Crippen molar-refractivity contribution in [3.8, 4) is 0 Å². The van der Waals surface area contributed by atoms with Gasteiger partial charge in [0.05, 0.1) is 12.2 Å². The first-order valence-corrected chi connectivity index (χ1v) is 4.42. The molecule has 0 fully saturated rings. The molecule has 2 N–H and O–H groups in total. The third-order valence-electron chi connectivity index (χ3n) is 1.76. The SMILES string of the molecule is COCC(NC(=O)c1cncnc1)C(=O)O. The third kappa shape index (κ3) is 3.28. The van der Waals surface area contributed by atoms with Crippen LogP contribution in [0.1, 0.15) is 10.4 Å². The first kappa shape index (κ1) is 12.1. The smallest absolute Gasteiger partial charge is 0.328 e. The molecule has 7 nitrogen and oxygen atoms in total. The molecule has 1 rings (SSSR count). The van der Waals surface area contributed by atoms with Gasteiger partial charge < -0.3 is 15.2 Å². The molecule has 0 aliphatic heterocycles. The van der Waals surface area contributed by atoms with E-state index < -0.39 is 17.9 Å². The molecule has 0 aromatic carbocycles. The van der Waals surface area contributed by atoms with Gasteiger partial charge in [-0.1, -0.05) is 0 Å². The van der Waals surface area contributed by atoms with Crippen LogP contribution in [-0.4, -0.2) is 46.7 Å². The standard InChI is InChI=1S/C9H11N3O4/c1-16-4-7(9(14)15)12-8(13)6-2-10-5-11-3-6/h2-3,5,7H,4H2,1H3,(H,12,13)(H,14,15). The van der Waals surface area contributed by atoms with Crippen LogP contribution in [0.5, 0.6) is 0 Å². The number of amides is 1. The van der Waals surface area contributed by atoms with Gasteiger partial charge >= 0.3 is 5.97 Å². The Morgan fingerprint density at radius 3 is 2.62 bits per heavy atom. The van der Waals surface area contributed by atoms with Crippen molar-refractivity contribution in [2.45, 2.75) is 6.04 Å². The lowest BCUT2D eigenvalue weighted by atomic mass is 10.2. The molecule has 0 saturated heterocycles. The Kier molecular flexibility index (Phi) is 4.34. The Balaban J connectivity index is 2.65. The lowest BCUT2D eigenvalue weighted by Gasteiger charge is -2.12. The maximum Gasteiger partial charge on any atom is 0.328 e. The summed E-state index contributed by atoms with van der Waals surface area (Å²) in [5.41, 5.74) is 0.199. The number of carboxylic acids is 1. The Bertz CT molecular complexity index is 368. The number of ether oxygens (including phenoxy) is 1. The van der Waals surface area contributed by atoms with Gasteiger partial charge in [0.15, 0.2) is 6.04 Å². The molecule has 0 saturated carbocycles. The molecule has 1 aromatic heterocycles. The molecule has 0 aliphatic carbocycles. The summed E-state index contributed by atoms with van der Waals surface area (Å²) in [5, 5.41) is 11.1. The van der Waals surface area contributed by atoms with Gasteiger partial charge in [0.25, 0.3) is 5.91 Å². The molecule has 1 aromatic rings. The summed E-state index contributed by atoms with van der Waals surface area (Å²) in [6.07, 6.45) is 3.88. The minimum Gasteiger partial charge on any atom is -0.480 e. The molecule has 0 bridgehead atoms. The highest BCUT2D eigenvalue weighted by atomic mass is 16.5. The molecular weight excluding hydrogens is 214 g/mol. The quantitative estimate of drug-likeness (QED) is 0.687. The van der Waals surface area contributed by atoms with Crippen LogP contribution < -0.4 is 5.32 Å². The molecule has 0 radical (unpaired) electrons. The number of hydrogen-bond donors (Lipinski definition) is 2. The number of hydrogen-bond acceptors (Lipinski definition) is 5. The Morgan fingerprint density at radius 1 is 1.50 bits per heavy atom. The summed E-state index contributed by atoms with van der Waals surface area (Å²) in [4.78, 5) is 29.6. The number of carboxylic acid groups (broad SMARTS) is 1. The monoisotopic (exact) mass is 225 g/mol. The Hall–Kier alpha value is -2.02. The highest BCUT2D eigenvalue weighted by molar-refractivity contribution is 5.96. The maximum atomic E-state index is 11.5. The number of methoxy groups -OCH3 is 1. The van der Waals surface area contributed by atoms with E-state index in [1.807, 2.05) is 0 Å². The summed E-state index contributed by atoms with van der Waals surface area (Å²) < 4.78 is 4.68. The molecular formula is C9H11N3O4. The van der Waals surface area contributed by atoms with E-state index in [0.29, 0.717) is 0 Å². The van der Waals surface area contributed by atoms with Crippen molar-refractivity contribution in [2.75, 3.05) is 13.7 Å². The van der Waals surface area contributed by atoms with Gasteiger partial charge in [-0.25, -0.2) is 14.8 Å². The second-order valence-corrected chi connectivity index (χ2v) is 2.95. The normalized spacial score (nSPS) is 11.8. The molecule has 0 aliphatic rings.